The van der Waals surface area contributed by atoms with Gasteiger partial charge in [0.15, 0.2) is 5.13 Å². The maximum atomic E-state index is 12.6. The second-order valence-electron chi connectivity index (χ2n) is 6.20. The van der Waals surface area contributed by atoms with Crippen molar-refractivity contribution in [1.82, 2.24) is 25.1 Å². The highest BCUT2D eigenvalue weighted by molar-refractivity contribution is 7.17. The molecule has 0 aliphatic heterocycles. The molecule has 1 amide bonds. The van der Waals surface area contributed by atoms with Gasteiger partial charge in [-0.1, -0.05) is 35.1 Å². The Kier molecular flexibility index (Phi) is 5.24. The van der Waals surface area contributed by atoms with E-state index in [4.69, 9.17) is 11.6 Å². The molecule has 0 atom stereocenters. The van der Waals surface area contributed by atoms with Crippen LogP contribution in [0.3, 0.4) is 0 Å². The van der Waals surface area contributed by atoms with Crippen LogP contribution in [-0.4, -0.2) is 31.1 Å². The quantitative estimate of drug-likeness (QED) is 0.431. The lowest BCUT2D eigenvalue weighted by Crippen LogP contribution is -2.11. The third-order valence-corrected chi connectivity index (χ3v) is 5.27. The number of carbonyl (C=O) groups excluding carboxylic acids is 1. The number of nitrogens with zero attached hydrogens (tertiary/aromatic N) is 4. The number of H-pyrrole nitrogens is 1. The molecule has 3 N–H and O–H groups in total. The first-order valence-electron chi connectivity index (χ1n) is 8.64. The van der Waals surface area contributed by atoms with Crippen molar-refractivity contribution in [3.8, 4) is 11.4 Å². The van der Waals surface area contributed by atoms with Crippen molar-refractivity contribution < 1.29 is 4.79 Å². The number of halogens is 1. The molecule has 0 fully saturated rings. The molecule has 0 saturated heterocycles. The zero-order chi connectivity index (χ0) is 20.4. The lowest BCUT2D eigenvalue weighted by atomic mass is 10.2. The maximum Gasteiger partial charge on any atom is 0.267 e. The van der Waals surface area contributed by atoms with Crippen LogP contribution in [0.15, 0.2) is 42.7 Å². The van der Waals surface area contributed by atoms with Crippen molar-refractivity contribution in [3.05, 3.63) is 64.0 Å². The van der Waals surface area contributed by atoms with Crippen LogP contribution in [0.2, 0.25) is 5.02 Å². The molecular formula is C19H16ClN7OS. The van der Waals surface area contributed by atoms with Gasteiger partial charge in [-0.15, -0.1) is 0 Å². The Hall–Kier alpha value is -3.30. The van der Waals surface area contributed by atoms with E-state index in [9.17, 15) is 4.79 Å². The number of anilines is 3. The number of aryl methyl sites for hydroxylation is 2. The minimum atomic E-state index is -0.274. The van der Waals surface area contributed by atoms with Crippen LogP contribution in [-0.2, 0) is 0 Å². The Morgan fingerprint density at radius 2 is 2.07 bits per heavy atom. The van der Waals surface area contributed by atoms with E-state index in [2.05, 4.69) is 35.8 Å². The third-order valence-electron chi connectivity index (χ3n) is 4.04. The molecular weight excluding hydrogens is 410 g/mol. The number of aromatic amines is 1. The summed E-state index contributed by atoms with van der Waals surface area (Å²) in [4.78, 5) is 26.1. The molecule has 3 aromatic heterocycles. The molecule has 29 heavy (non-hydrogen) atoms. The summed E-state index contributed by atoms with van der Waals surface area (Å²) in [5.74, 6) is 0.900. The van der Waals surface area contributed by atoms with Gasteiger partial charge in [0, 0.05) is 12.3 Å². The average Bonchev–Trinajstić information content (AvgIpc) is 3.36. The van der Waals surface area contributed by atoms with E-state index in [1.165, 1.54) is 17.5 Å². The molecule has 0 saturated carbocycles. The van der Waals surface area contributed by atoms with E-state index < -0.39 is 0 Å². The summed E-state index contributed by atoms with van der Waals surface area (Å²) in [6.45, 7) is 3.69. The van der Waals surface area contributed by atoms with Gasteiger partial charge in [0.05, 0.1) is 28.3 Å². The number of aromatic nitrogens is 5. The topological polar surface area (TPSA) is 108 Å². The van der Waals surface area contributed by atoms with E-state index in [1.807, 2.05) is 25.1 Å². The van der Waals surface area contributed by atoms with Crippen LogP contribution in [0.1, 0.15) is 21.1 Å². The highest BCUT2D eigenvalue weighted by atomic mass is 35.5. The Balaban J connectivity index is 1.52. The van der Waals surface area contributed by atoms with Gasteiger partial charge in [-0.25, -0.2) is 15.0 Å². The molecule has 10 heteroatoms. The van der Waals surface area contributed by atoms with Crippen LogP contribution in [0.5, 0.6) is 0 Å². The lowest BCUT2D eigenvalue weighted by Gasteiger charge is -2.08. The summed E-state index contributed by atoms with van der Waals surface area (Å²) < 4.78 is 0. The third kappa shape index (κ3) is 4.25. The van der Waals surface area contributed by atoms with Gasteiger partial charge in [-0.2, -0.15) is 5.10 Å². The molecule has 0 aliphatic carbocycles. The normalized spacial score (nSPS) is 10.7. The van der Waals surface area contributed by atoms with E-state index in [0.29, 0.717) is 38.1 Å². The SMILES string of the molecule is Cc1nc(Nc2ncc(C(=O)Nc3c(C)cccc3Cl)s2)cc(-c2ccn[nH]2)n1. The first-order valence-corrected chi connectivity index (χ1v) is 9.84. The van der Waals surface area contributed by atoms with Crippen LogP contribution >= 0.6 is 22.9 Å². The molecule has 0 aliphatic rings. The van der Waals surface area contributed by atoms with E-state index in [-0.39, 0.29) is 5.91 Å². The second-order valence-corrected chi connectivity index (χ2v) is 7.63. The summed E-state index contributed by atoms with van der Waals surface area (Å²) in [6, 6.07) is 9.07. The fourth-order valence-corrected chi connectivity index (χ4v) is 3.67. The monoisotopic (exact) mass is 425 g/mol. The van der Waals surface area contributed by atoms with Crippen molar-refractivity contribution in [3.63, 3.8) is 0 Å². The van der Waals surface area contributed by atoms with Crippen molar-refractivity contribution in [2.45, 2.75) is 13.8 Å². The van der Waals surface area contributed by atoms with E-state index in [0.717, 1.165) is 11.3 Å². The first kappa shape index (κ1) is 19.0. The molecule has 0 radical (unpaired) electrons. The molecule has 0 bridgehead atoms. The van der Waals surface area contributed by atoms with Gasteiger partial charge in [-0.3, -0.25) is 9.89 Å². The van der Waals surface area contributed by atoms with E-state index in [1.54, 1.807) is 25.3 Å². The number of thiazole rings is 1. The largest absolute Gasteiger partial charge is 0.320 e. The zero-order valence-corrected chi connectivity index (χ0v) is 17.1. The van der Waals surface area contributed by atoms with Crippen LogP contribution < -0.4 is 10.6 Å². The Morgan fingerprint density at radius 3 is 2.83 bits per heavy atom. The molecule has 0 spiro atoms. The first-order chi connectivity index (χ1) is 14.0. The van der Waals surface area contributed by atoms with Crippen molar-refractivity contribution in [2.24, 2.45) is 0 Å². The van der Waals surface area contributed by atoms with Crippen molar-refractivity contribution in [1.29, 1.82) is 0 Å². The van der Waals surface area contributed by atoms with Crippen molar-refractivity contribution >= 4 is 45.5 Å². The molecule has 4 aromatic rings. The lowest BCUT2D eigenvalue weighted by molar-refractivity contribution is 0.103. The van der Waals surface area contributed by atoms with Gasteiger partial charge in [-0.05, 0) is 31.5 Å². The van der Waals surface area contributed by atoms with Gasteiger partial charge < -0.3 is 10.6 Å². The van der Waals surface area contributed by atoms with Gasteiger partial charge in [0.1, 0.15) is 16.5 Å². The highest BCUT2D eigenvalue weighted by Gasteiger charge is 2.15. The number of para-hydroxylation sites is 1. The Labute approximate surface area is 175 Å². The number of amides is 1. The predicted molar refractivity (Wildman–Crippen MR) is 114 cm³/mol. The highest BCUT2D eigenvalue weighted by Crippen LogP contribution is 2.28. The van der Waals surface area contributed by atoms with Crippen LogP contribution in [0, 0.1) is 13.8 Å². The van der Waals surface area contributed by atoms with E-state index >= 15 is 0 Å². The summed E-state index contributed by atoms with van der Waals surface area (Å²) in [7, 11) is 0. The number of hydrogen-bond acceptors (Lipinski definition) is 7. The van der Waals surface area contributed by atoms with Gasteiger partial charge in [0.2, 0.25) is 0 Å². The van der Waals surface area contributed by atoms with Crippen LogP contribution in [0.4, 0.5) is 16.6 Å². The fraction of sp³-hybridized carbons (Fsp3) is 0.105. The Morgan fingerprint density at radius 1 is 1.21 bits per heavy atom. The smallest absolute Gasteiger partial charge is 0.267 e. The zero-order valence-electron chi connectivity index (χ0n) is 15.5. The number of benzene rings is 1. The van der Waals surface area contributed by atoms with Crippen LogP contribution in [0.25, 0.3) is 11.4 Å². The fourth-order valence-electron chi connectivity index (χ4n) is 2.68. The number of nitrogens with one attached hydrogen (secondary N) is 3. The standard InChI is InChI=1S/C19H16ClN7OS/c1-10-4-3-5-12(20)17(10)26-18(28)15-9-21-19(29-15)25-16-8-14(23-11(2)24-16)13-6-7-22-27-13/h3-9H,1-2H3,(H,22,27)(H,26,28)(H,21,23,24,25). The molecule has 3 heterocycles. The molecule has 4 rings (SSSR count). The van der Waals surface area contributed by atoms with Gasteiger partial charge >= 0.3 is 0 Å². The molecule has 146 valence electrons. The average molecular weight is 426 g/mol. The summed E-state index contributed by atoms with van der Waals surface area (Å²) in [5.41, 5.74) is 2.98. The summed E-state index contributed by atoms with van der Waals surface area (Å²) in [5, 5.41) is 13.8. The minimum Gasteiger partial charge on any atom is -0.320 e. The number of rotatable bonds is 5. The summed E-state index contributed by atoms with van der Waals surface area (Å²) in [6.07, 6.45) is 3.17. The Bertz CT molecular complexity index is 1150. The number of carbonyl (C=O) groups is 1. The minimum absolute atomic E-state index is 0.274. The summed E-state index contributed by atoms with van der Waals surface area (Å²) >= 11 is 7.40. The molecule has 1 aromatic carbocycles. The molecule has 8 nitrogen and oxygen atoms in total. The number of hydrogen-bond donors (Lipinski definition) is 3. The molecule has 0 unspecified atom stereocenters. The maximum absolute atomic E-state index is 12.6. The predicted octanol–water partition coefficient (Wildman–Crippen LogP) is 4.59. The van der Waals surface area contributed by atoms with Crippen molar-refractivity contribution in [2.75, 3.05) is 10.6 Å². The van der Waals surface area contributed by atoms with Gasteiger partial charge in [0.25, 0.3) is 5.91 Å². The second kappa shape index (κ2) is 7.98.